The number of hydrogen-bond donors (Lipinski definition) is 0. The van der Waals surface area contributed by atoms with Gasteiger partial charge in [-0.15, -0.1) is 0 Å². The molecule has 0 spiro atoms. The van der Waals surface area contributed by atoms with E-state index >= 15 is 0 Å². The standard InChI is InChI=1S/C11H12O3/c1-11(2)10(12)13-9(14-11)8-6-4-3-5-7-8/h3-7,9H,1-2H3/t9-/m0/s1. The molecule has 1 heterocycles. The number of rotatable bonds is 1. The Labute approximate surface area is 82.6 Å². The number of cyclic esters (lactones) is 1. The van der Waals surface area contributed by atoms with Crippen molar-refractivity contribution in [3.63, 3.8) is 0 Å². The van der Waals surface area contributed by atoms with Crippen molar-refractivity contribution in [2.75, 3.05) is 0 Å². The fourth-order valence-electron chi connectivity index (χ4n) is 1.33. The summed E-state index contributed by atoms with van der Waals surface area (Å²) in [5.41, 5.74) is 0.0342. The van der Waals surface area contributed by atoms with Gasteiger partial charge in [0.05, 0.1) is 0 Å². The van der Waals surface area contributed by atoms with Crippen molar-refractivity contribution >= 4 is 5.97 Å². The van der Waals surface area contributed by atoms with E-state index in [2.05, 4.69) is 0 Å². The predicted molar refractivity (Wildman–Crippen MR) is 50.4 cm³/mol. The van der Waals surface area contributed by atoms with E-state index in [1.807, 2.05) is 30.3 Å². The minimum Gasteiger partial charge on any atom is -0.429 e. The van der Waals surface area contributed by atoms with Gasteiger partial charge >= 0.3 is 5.97 Å². The van der Waals surface area contributed by atoms with E-state index in [1.165, 1.54) is 0 Å². The number of ether oxygens (including phenoxy) is 2. The molecule has 0 unspecified atom stereocenters. The summed E-state index contributed by atoms with van der Waals surface area (Å²) in [4.78, 5) is 11.3. The van der Waals surface area contributed by atoms with E-state index in [0.717, 1.165) is 5.56 Å². The molecular weight excluding hydrogens is 180 g/mol. The third-order valence-corrected chi connectivity index (χ3v) is 2.18. The summed E-state index contributed by atoms with van der Waals surface area (Å²) < 4.78 is 10.6. The maximum Gasteiger partial charge on any atom is 0.340 e. The van der Waals surface area contributed by atoms with Crippen molar-refractivity contribution in [1.29, 1.82) is 0 Å². The van der Waals surface area contributed by atoms with Gasteiger partial charge in [-0.3, -0.25) is 0 Å². The maximum atomic E-state index is 11.3. The summed E-state index contributed by atoms with van der Waals surface area (Å²) in [6.07, 6.45) is -0.557. The lowest BCUT2D eigenvalue weighted by molar-refractivity contribution is -0.145. The van der Waals surface area contributed by atoms with Gasteiger partial charge in [-0.2, -0.15) is 0 Å². The van der Waals surface area contributed by atoms with E-state index in [4.69, 9.17) is 9.47 Å². The smallest absolute Gasteiger partial charge is 0.340 e. The molecule has 14 heavy (non-hydrogen) atoms. The van der Waals surface area contributed by atoms with Crippen LogP contribution in [0.5, 0.6) is 0 Å². The van der Waals surface area contributed by atoms with Crippen molar-refractivity contribution in [3.05, 3.63) is 35.9 Å². The van der Waals surface area contributed by atoms with Crippen molar-refractivity contribution in [1.82, 2.24) is 0 Å². The Balaban J connectivity index is 2.21. The van der Waals surface area contributed by atoms with Crippen LogP contribution < -0.4 is 0 Å². The van der Waals surface area contributed by atoms with E-state index in [-0.39, 0.29) is 5.97 Å². The Hall–Kier alpha value is -1.35. The Morgan fingerprint density at radius 2 is 1.86 bits per heavy atom. The fourth-order valence-corrected chi connectivity index (χ4v) is 1.33. The lowest BCUT2D eigenvalue weighted by Crippen LogP contribution is -2.27. The van der Waals surface area contributed by atoms with Gasteiger partial charge in [0.25, 0.3) is 0 Å². The lowest BCUT2D eigenvalue weighted by Gasteiger charge is -2.12. The van der Waals surface area contributed by atoms with Crippen LogP contribution in [0.4, 0.5) is 0 Å². The van der Waals surface area contributed by atoms with Gasteiger partial charge in [-0.1, -0.05) is 30.3 Å². The molecule has 1 aliphatic rings. The summed E-state index contributed by atoms with van der Waals surface area (Å²) in [5.74, 6) is -0.314. The van der Waals surface area contributed by atoms with Gasteiger partial charge in [0.1, 0.15) is 0 Å². The first kappa shape index (κ1) is 9.21. The predicted octanol–water partition coefficient (Wildman–Crippen LogP) is 2.04. The van der Waals surface area contributed by atoms with Crippen LogP contribution in [-0.4, -0.2) is 11.6 Å². The van der Waals surface area contributed by atoms with Crippen molar-refractivity contribution in [2.45, 2.75) is 25.7 Å². The normalized spacial score (nSPS) is 24.7. The Bertz CT molecular complexity index is 343. The largest absolute Gasteiger partial charge is 0.429 e. The summed E-state index contributed by atoms with van der Waals surface area (Å²) in [5, 5.41) is 0. The molecule has 1 aromatic rings. The molecule has 1 fully saturated rings. The quantitative estimate of drug-likeness (QED) is 0.639. The van der Waals surface area contributed by atoms with Crippen molar-refractivity contribution < 1.29 is 14.3 Å². The Morgan fingerprint density at radius 3 is 2.36 bits per heavy atom. The second-order valence-electron chi connectivity index (χ2n) is 3.78. The van der Waals surface area contributed by atoms with Crippen LogP contribution in [0.2, 0.25) is 0 Å². The van der Waals surface area contributed by atoms with Crippen LogP contribution in [-0.2, 0) is 14.3 Å². The molecule has 0 radical (unpaired) electrons. The van der Waals surface area contributed by atoms with Gasteiger partial charge in [-0.05, 0) is 13.8 Å². The minimum atomic E-state index is -0.833. The number of carbonyl (C=O) groups excluding carboxylic acids is 1. The molecule has 1 atom stereocenters. The van der Waals surface area contributed by atoms with Crippen LogP contribution in [0, 0.1) is 0 Å². The summed E-state index contributed by atoms with van der Waals surface area (Å²) in [7, 11) is 0. The molecule has 3 heteroatoms. The number of carbonyl (C=O) groups is 1. The van der Waals surface area contributed by atoms with Crippen LogP contribution in [0.1, 0.15) is 25.7 Å². The molecule has 0 N–H and O–H groups in total. The number of hydrogen-bond acceptors (Lipinski definition) is 3. The third-order valence-electron chi connectivity index (χ3n) is 2.18. The fraction of sp³-hybridized carbons (Fsp3) is 0.364. The average molecular weight is 192 g/mol. The Morgan fingerprint density at radius 1 is 1.21 bits per heavy atom. The van der Waals surface area contributed by atoms with Crippen molar-refractivity contribution in [3.8, 4) is 0 Å². The first-order chi connectivity index (χ1) is 6.59. The second kappa shape index (κ2) is 3.10. The zero-order valence-electron chi connectivity index (χ0n) is 8.19. The van der Waals surface area contributed by atoms with Gasteiger partial charge in [0.2, 0.25) is 6.29 Å². The second-order valence-corrected chi connectivity index (χ2v) is 3.78. The molecule has 2 rings (SSSR count). The topological polar surface area (TPSA) is 35.5 Å². The highest BCUT2D eigenvalue weighted by molar-refractivity contribution is 5.80. The van der Waals surface area contributed by atoms with Crippen LogP contribution in [0.25, 0.3) is 0 Å². The zero-order valence-corrected chi connectivity index (χ0v) is 8.19. The van der Waals surface area contributed by atoms with Gasteiger partial charge in [0.15, 0.2) is 5.60 Å². The zero-order chi connectivity index (χ0) is 10.2. The first-order valence-corrected chi connectivity index (χ1v) is 4.53. The summed E-state index contributed by atoms with van der Waals surface area (Å²) in [6, 6.07) is 9.43. The summed E-state index contributed by atoms with van der Waals surface area (Å²) >= 11 is 0. The van der Waals surface area contributed by atoms with Crippen molar-refractivity contribution in [2.24, 2.45) is 0 Å². The van der Waals surface area contributed by atoms with E-state index in [1.54, 1.807) is 13.8 Å². The minimum absolute atomic E-state index is 0.314. The maximum absolute atomic E-state index is 11.3. The molecule has 0 aromatic heterocycles. The molecule has 0 amide bonds. The molecule has 1 saturated heterocycles. The first-order valence-electron chi connectivity index (χ1n) is 4.53. The molecule has 0 bridgehead atoms. The van der Waals surface area contributed by atoms with Gasteiger partial charge in [-0.25, -0.2) is 4.79 Å². The SMILES string of the molecule is CC1(C)O[C@@H](c2ccccc2)OC1=O. The van der Waals surface area contributed by atoms with Crippen LogP contribution in [0.3, 0.4) is 0 Å². The van der Waals surface area contributed by atoms with Gasteiger partial charge in [0, 0.05) is 5.56 Å². The number of esters is 1. The molecule has 0 saturated carbocycles. The lowest BCUT2D eigenvalue weighted by atomic mass is 10.1. The third kappa shape index (κ3) is 1.51. The highest BCUT2D eigenvalue weighted by Gasteiger charge is 2.43. The van der Waals surface area contributed by atoms with Crippen LogP contribution in [0.15, 0.2) is 30.3 Å². The number of benzene rings is 1. The molecule has 3 nitrogen and oxygen atoms in total. The average Bonchev–Trinajstić information content (AvgIpc) is 2.43. The van der Waals surface area contributed by atoms with Gasteiger partial charge < -0.3 is 9.47 Å². The summed E-state index contributed by atoms with van der Waals surface area (Å²) in [6.45, 7) is 3.41. The Kier molecular flexibility index (Phi) is 2.04. The monoisotopic (exact) mass is 192 g/mol. The molecular formula is C11H12O3. The molecule has 0 aliphatic carbocycles. The highest BCUT2D eigenvalue weighted by atomic mass is 16.8. The molecule has 1 aromatic carbocycles. The van der Waals surface area contributed by atoms with E-state index in [9.17, 15) is 4.79 Å². The van der Waals surface area contributed by atoms with Crippen LogP contribution >= 0.6 is 0 Å². The molecule has 74 valence electrons. The molecule has 1 aliphatic heterocycles. The van der Waals surface area contributed by atoms with E-state index in [0.29, 0.717) is 0 Å². The van der Waals surface area contributed by atoms with E-state index < -0.39 is 11.9 Å². The highest BCUT2D eigenvalue weighted by Crippen LogP contribution is 2.33.